The molecular weight excluding hydrogens is 222 g/mol. The summed E-state index contributed by atoms with van der Waals surface area (Å²) in [6, 6.07) is 18.2. The van der Waals surface area contributed by atoms with Gasteiger partial charge in [0.1, 0.15) is 5.75 Å². The van der Waals surface area contributed by atoms with Crippen molar-refractivity contribution in [1.29, 1.82) is 0 Å². The molecule has 0 amide bonds. The van der Waals surface area contributed by atoms with Gasteiger partial charge in [0.15, 0.2) is 0 Å². The average Bonchev–Trinajstić information content (AvgIpc) is 2.47. The van der Waals surface area contributed by atoms with Crippen LogP contribution in [0.3, 0.4) is 0 Å². The van der Waals surface area contributed by atoms with Crippen LogP contribution in [0.5, 0.6) is 5.75 Å². The molecule has 0 aliphatic carbocycles. The number of hydrogen-bond acceptors (Lipinski definition) is 2. The van der Waals surface area contributed by atoms with Crippen LogP contribution >= 0.6 is 0 Å². The second kappa shape index (κ2) is 5.23. The van der Waals surface area contributed by atoms with E-state index >= 15 is 0 Å². The Bertz CT molecular complexity index is 492. The summed E-state index contributed by atoms with van der Waals surface area (Å²) in [5.41, 5.74) is 8.40. The van der Waals surface area contributed by atoms with Gasteiger partial charge >= 0.3 is 0 Å². The third-order valence-corrected chi connectivity index (χ3v) is 3.45. The quantitative estimate of drug-likeness (QED) is 0.891. The highest BCUT2D eigenvalue weighted by Crippen LogP contribution is 2.31. The molecule has 0 radical (unpaired) electrons. The molecule has 1 atom stereocenters. The molecule has 0 aliphatic rings. The lowest BCUT2D eigenvalue weighted by Gasteiger charge is -2.29. The molecule has 18 heavy (non-hydrogen) atoms. The predicted octanol–water partition coefficient (Wildman–Crippen LogP) is 3.31. The molecule has 2 nitrogen and oxygen atoms in total. The van der Waals surface area contributed by atoms with Crippen molar-refractivity contribution in [2.75, 3.05) is 7.11 Å². The topological polar surface area (TPSA) is 35.2 Å². The molecule has 0 spiro atoms. The van der Waals surface area contributed by atoms with Gasteiger partial charge in [0.2, 0.25) is 0 Å². The van der Waals surface area contributed by atoms with Gasteiger partial charge in [-0.25, -0.2) is 0 Å². The Morgan fingerprint density at radius 2 is 1.50 bits per heavy atom. The van der Waals surface area contributed by atoms with Crippen LogP contribution in [0.25, 0.3) is 0 Å². The molecule has 0 aromatic heterocycles. The van der Waals surface area contributed by atoms with Gasteiger partial charge in [-0.1, -0.05) is 49.4 Å². The van der Waals surface area contributed by atoms with E-state index in [-0.39, 0.29) is 0 Å². The smallest absolute Gasteiger partial charge is 0.118 e. The molecule has 0 heterocycles. The Hall–Kier alpha value is -1.80. The zero-order chi connectivity index (χ0) is 13.0. The highest BCUT2D eigenvalue weighted by Gasteiger charge is 2.27. The molecule has 0 saturated carbocycles. The van der Waals surface area contributed by atoms with E-state index in [1.807, 2.05) is 42.5 Å². The van der Waals surface area contributed by atoms with Crippen LogP contribution in [0.2, 0.25) is 0 Å². The largest absolute Gasteiger partial charge is 0.497 e. The number of benzene rings is 2. The minimum absolute atomic E-state index is 0.437. The minimum atomic E-state index is -0.437. The van der Waals surface area contributed by atoms with Gasteiger partial charge in [-0.05, 0) is 29.7 Å². The Morgan fingerprint density at radius 1 is 0.944 bits per heavy atom. The van der Waals surface area contributed by atoms with E-state index in [0.29, 0.717) is 0 Å². The maximum atomic E-state index is 6.59. The van der Waals surface area contributed by atoms with Crippen LogP contribution in [-0.4, -0.2) is 7.11 Å². The van der Waals surface area contributed by atoms with Crippen molar-refractivity contribution in [3.05, 3.63) is 65.7 Å². The van der Waals surface area contributed by atoms with Crippen LogP contribution in [0, 0.1) is 0 Å². The fourth-order valence-corrected chi connectivity index (χ4v) is 2.20. The zero-order valence-electron chi connectivity index (χ0n) is 10.9. The number of ether oxygens (including phenoxy) is 1. The summed E-state index contributed by atoms with van der Waals surface area (Å²) in [6.45, 7) is 2.11. The van der Waals surface area contributed by atoms with E-state index in [1.165, 1.54) is 0 Å². The van der Waals surface area contributed by atoms with Crippen LogP contribution in [0.1, 0.15) is 24.5 Å². The third-order valence-electron chi connectivity index (χ3n) is 3.45. The fourth-order valence-electron chi connectivity index (χ4n) is 2.20. The lowest BCUT2D eigenvalue weighted by molar-refractivity contribution is 0.414. The highest BCUT2D eigenvalue weighted by atomic mass is 16.5. The van der Waals surface area contributed by atoms with Gasteiger partial charge in [-0.15, -0.1) is 0 Å². The van der Waals surface area contributed by atoms with Crippen LogP contribution in [0.4, 0.5) is 0 Å². The number of rotatable bonds is 4. The molecule has 0 aliphatic heterocycles. The van der Waals surface area contributed by atoms with Crippen molar-refractivity contribution in [1.82, 2.24) is 0 Å². The monoisotopic (exact) mass is 241 g/mol. The van der Waals surface area contributed by atoms with E-state index < -0.39 is 5.54 Å². The zero-order valence-corrected chi connectivity index (χ0v) is 10.9. The van der Waals surface area contributed by atoms with Gasteiger partial charge in [-0.2, -0.15) is 0 Å². The normalized spacial score (nSPS) is 13.9. The second-order valence-electron chi connectivity index (χ2n) is 4.42. The Labute approximate surface area is 108 Å². The van der Waals surface area contributed by atoms with E-state index in [0.717, 1.165) is 23.3 Å². The standard InChI is InChI=1S/C16H19NO/c1-3-16(17,13-7-5-4-6-8-13)14-9-11-15(18-2)12-10-14/h4-12H,3,17H2,1-2H3/t16-/m1/s1. The number of methoxy groups -OCH3 is 1. The molecule has 0 fully saturated rings. The lowest BCUT2D eigenvalue weighted by Crippen LogP contribution is -2.37. The van der Waals surface area contributed by atoms with Crippen molar-refractivity contribution in [3.8, 4) is 5.75 Å². The van der Waals surface area contributed by atoms with Crippen molar-refractivity contribution in [3.63, 3.8) is 0 Å². The van der Waals surface area contributed by atoms with E-state index in [9.17, 15) is 0 Å². The van der Waals surface area contributed by atoms with E-state index in [1.54, 1.807) is 7.11 Å². The molecule has 2 heteroatoms. The molecule has 0 bridgehead atoms. The summed E-state index contributed by atoms with van der Waals surface area (Å²) in [5, 5.41) is 0. The molecule has 2 aromatic rings. The Morgan fingerprint density at radius 3 is 2.00 bits per heavy atom. The Kier molecular flexibility index (Phi) is 3.68. The van der Waals surface area contributed by atoms with Gasteiger partial charge < -0.3 is 10.5 Å². The lowest BCUT2D eigenvalue weighted by atomic mass is 9.82. The Balaban J connectivity index is 2.43. The summed E-state index contributed by atoms with van der Waals surface area (Å²) in [5.74, 6) is 0.852. The fraction of sp³-hybridized carbons (Fsp3) is 0.250. The molecule has 2 aromatic carbocycles. The van der Waals surface area contributed by atoms with Gasteiger partial charge in [0, 0.05) is 0 Å². The van der Waals surface area contributed by atoms with Gasteiger partial charge in [0.05, 0.1) is 12.6 Å². The van der Waals surface area contributed by atoms with Crippen LogP contribution in [0.15, 0.2) is 54.6 Å². The summed E-state index contributed by atoms with van der Waals surface area (Å²) in [4.78, 5) is 0. The van der Waals surface area contributed by atoms with Crippen molar-refractivity contribution in [2.45, 2.75) is 18.9 Å². The van der Waals surface area contributed by atoms with Crippen LogP contribution < -0.4 is 10.5 Å². The highest BCUT2D eigenvalue weighted by molar-refractivity contribution is 5.40. The summed E-state index contributed by atoms with van der Waals surface area (Å²) >= 11 is 0. The minimum Gasteiger partial charge on any atom is -0.497 e. The van der Waals surface area contributed by atoms with Crippen molar-refractivity contribution < 1.29 is 4.74 Å². The van der Waals surface area contributed by atoms with E-state index in [2.05, 4.69) is 19.1 Å². The maximum Gasteiger partial charge on any atom is 0.118 e. The first-order valence-electron chi connectivity index (χ1n) is 6.19. The third kappa shape index (κ3) is 2.24. The molecule has 2 rings (SSSR count). The maximum absolute atomic E-state index is 6.59. The summed E-state index contributed by atoms with van der Waals surface area (Å²) in [7, 11) is 1.67. The first-order chi connectivity index (χ1) is 8.70. The van der Waals surface area contributed by atoms with Crippen molar-refractivity contribution in [2.24, 2.45) is 5.73 Å². The van der Waals surface area contributed by atoms with Gasteiger partial charge in [-0.3, -0.25) is 0 Å². The second-order valence-corrected chi connectivity index (χ2v) is 4.42. The molecule has 2 N–H and O–H groups in total. The molecular formula is C16H19NO. The summed E-state index contributed by atoms with van der Waals surface area (Å²) < 4.78 is 5.18. The summed E-state index contributed by atoms with van der Waals surface area (Å²) in [6.07, 6.45) is 0.851. The SMILES string of the molecule is CC[C@@](N)(c1ccccc1)c1ccc(OC)cc1. The first kappa shape index (κ1) is 12.7. The predicted molar refractivity (Wildman–Crippen MR) is 74.7 cm³/mol. The molecule has 94 valence electrons. The first-order valence-corrected chi connectivity index (χ1v) is 6.19. The molecule has 0 unspecified atom stereocenters. The average molecular weight is 241 g/mol. The van der Waals surface area contributed by atoms with Crippen LogP contribution in [-0.2, 0) is 5.54 Å². The van der Waals surface area contributed by atoms with E-state index in [4.69, 9.17) is 10.5 Å². The van der Waals surface area contributed by atoms with Gasteiger partial charge in [0.25, 0.3) is 0 Å². The number of nitrogens with two attached hydrogens (primary N) is 1. The number of hydrogen-bond donors (Lipinski definition) is 1. The molecule has 0 saturated heterocycles. The van der Waals surface area contributed by atoms with Crippen molar-refractivity contribution >= 4 is 0 Å².